The number of nitrogens with one attached hydrogen (secondary N) is 1. The van der Waals surface area contributed by atoms with Crippen molar-refractivity contribution in [2.75, 3.05) is 6.54 Å². The maximum absolute atomic E-state index is 11.1. The van der Waals surface area contributed by atoms with Crippen molar-refractivity contribution in [3.05, 3.63) is 42.1 Å². The summed E-state index contributed by atoms with van der Waals surface area (Å²) in [5.74, 6) is -0.264. The van der Waals surface area contributed by atoms with Gasteiger partial charge in [-0.05, 0) is 11.1 Å². The quantitative estimate of drug-likeness (QED) is 0.402. The van der Waals surface area contributed by atoms with Crippen LogP contribution in [0.4, 0.5) is 0 Å². The fourth-order valence-corrected chi connectivity index (χ4v) is 1.28. The third kappa shape index (κ3) is 4.48. The molecule has 0 saturated carbocycles. The summed E-state index contributed by atoms with van der Waals surface area (Å²) in [5.41, 5.74) is 6.98. The molecule has 0 saturated heterocycles. The molecule has 0 spiro atoms. The zero-order valence-electron chi connectivity index (χ0n) is 9.34. The largest absolute Gasteiger partial charge is 0.411 e. The van der Waals surface area contributed by atoms with Crippen LogP contribution in [-0.2, 0) is 4.79 Å². The average molecular weight is 233 g/mol. The first-order chi connectivity index (χ1) is 8.27. The van der Waals surface area contributed by atoms with Crippen LogP contribution in [0.15, 0.2) is 41.7 Å². The monoisotopic (exact) mass is 233 g/mol. The highest BCUT2D eigenvalue weighted by atomic mass is 16.4. The van der Waals surface area contributed by atoms with E-state index in [1.807, 2.05) is 30.3 Å². The highest BCUT2D eigenvalue weighted by Gasteiger charge is 2.01. The Morgan fingerprint density at radius 1 is 1.41 bits per heavy atom. The Balaban J connectivity index is 2.84. The summed E-state index contributed by atoms with van der Waals surface area (Å²) < 4.78 is 0. The maximum Gasteiger partial charge on any atom is 0.237 e. The summed E-state index contributed by atoms with van der Waals surface area (Å²) in [7, 11) is 0. The van der Waals surface area contributed by atoms with E-state index in [4.69, 9.17) is 10.9 Å². The van der Waals surface area contributed by atoms with Gasteiger partial charge in [-0.1, -0.05) is 30.3 Å². The van der Waals surface area contributed by atoms with Crippen LogP contribution in [0.5, 0.6) is 0 Å². The summed E-state index contributed by atoms with van der Waals surface area (Å²) in [4.78, 5) is 11.1. The molecule has 0 bridgehead atoms. The molecule has 1 amide bonds. The molecule has 0 aromatic heterocycles. The number of carbonyl (C=O) groups excluding carboxylic acids is 1. The van der Waals surface area contributed by atoms with Crippen molar-refractivity contribution in [3.8, 4) is 0 Å². The minimum absolute atomic E-state index is 0.0628. The van der Waals surface area contributed by atoms with Crippen molar-refractivity contribution >= 4 is 17.7 Å². The number of rotatable bonds is 5. The molecular formula is C12H15N3O2. The Bertz CT molecular complexity index is 413. The molecular weight excluding hydrogens is 218 g/mol. The number of allylic oxidation sites excluding steroid dienone is 1. The van der Waals surface area contributed by atoms with E-state index in [2.05, 4.69) is 10.5 Å². The molecule has 5 heteroatoms. The predicted molar refractivity (Wildman–Crippen MR) is 66.5 cm³/mol. The van der Waals surface area contributed by atoms with Crippen molar-refractivity contribution < 1.29 is 10.0 Å². The number of carbonyl (C=O) groups is 1. The fourth-order valence-electron chi connectivity index (χ4n) is 1.28. The van der Waals surface area contributed by atoms with Gasteiger partial charge < -0.3 is 16.3 Å². The molecule has 5 nitrogen and oxygen atoms in total. The van der Waals surface area contributed by atoms with E-state index in [1.54, 1.807) is 6.20 Å². The molecule has 0 atom stereocenters. The minimum atomic E-state index is -0.264. The molecule has 0 fully saturated rings. The Hall–Kier alpha value is -2.14. The number of nitrogens with two attached hydrogens (primary N) is 1. The maximum atomic E-state index is 11.1. The minimum Gasteiger partial charge on any atom is -0.411 e. The van der Waals surface area contributed by atoms with Gasteiger partial charge in [-0.2, -0.15) is 0 Å². The zero-order valence-corrected chi connectivity index (χ0v) is 9.34. The van der Waals surface area contributed by atoms with Crippen molar-refractivity contribution in [1.82, 2.24) is 5.32 Å². The summed E-state index contributed by atoms with van der Waals surface area (Å²) in [5, 5.41) is 13.9. The van der Waals surface area contributed by atoms with E-state index in [0.717, 1.165) is 11.1 Å². The highest BCUT2D eigenvalue weighted by molar-refractivity contribution is 5.83. The number of hydrogen-bond donors (Lipinski definition) is 3. The topological polar surface area (TPSA) is 87.7 Å². The number of oxime groups is 1. The molecule has 17 heavy (non-hydrogen) atoms. The Morgan fingerprint density at radius 3 is 2.71 bits per heavy atom. The first-order valence-electron chi connectivity index (χ1n) is 5.17. The smallest absolute Gasteiger partial charge is 0.237 e. The van der Waals surface area contributed by atoms with Crippen LogP contribution >= 0.6 is 0 Å². The summed E-state index contributed by atoms with van der Waals surface area (Å²) >= 11 is 0. The van der Waals surface area contributed by atoms with Crippen LogP contribution in [0.2, 0.25) is 0 Å². The van der Waals surface area contributed by atoms with Gasteiger partial charge in [-0.15, -0.1) is 5.16 Å². The molecule has 0 aliphatic carbocycles. The molecule has 4 N–H and O–H groups in total. The number of amides is 1. The number of hydrogen-bond acceptors (Lipinski definition) is 4. The summed E-state index contributed by atoms with van der Waals surface area (Å²) in [6.07, 6.45) is 3.35. The molecule has 0 aliphatic rings. The first kappa shape index (κ1) is 12.9. The van der Waals surface area contributed by atoms with Crippen LogP contribution in [-0.4, -0.2) is 23.9 Å². The van der Waals surface area contributed by atoms with Crippen molar-refractivity contribution in [3.63, 3.8) is 0 Å². The molecule has 0 unspecified atom stereocenters. The van der Waals surface area contributed by atoms with Crippen molar-refractivity contribution in [1.29, 1.82) is 0 Å². The number of benzene rings is 1. The van der Waals surface area contributed by atoms with Crippen LogP contribution in [0, 0.1) is 0 Å². The lowest BCUT2D eigenvalue weighted by Crippen LogP contribution is -2.26. The second-order valence-corrected chi connectivity index (χ2v) is 3.31. The van der Waals surface area contributed by atoms with Gasteiger partial charge in [0.15, 0.2) is 0 Å². The molecule has 1 aromatic rings. The molecule has 90 valence electrons. The molecule has 1 aromatic carbocycles. The van der Waals surface area contributed by atoms with Gasteiger partial charge in [-0.3, -0.25) is 4.79 Å². The Kier molecular flexibility index (Phi) is 5.46. The van der Waals surface area contributed by atoms with Crippen molar-refractivity contribution in [2.24, 2.45) is 10.9 Å². The van der Waals surface area contributed by atoms with Crippen LogP contribution in [0.3, 0.4) is 0 Å². The predicted octanol–water partition coefficient (Wildman–Crippen LogP) is 0.952. The van der Waals surface area contributed by atoms with Gasteiger partial charge >= 0.3 is 0 Å². The van der Waals surface area contributed by atoms with Gasteiger partial charge in [0.25, 0.3) is 0 Å². The molecule has 0 heterocycles. The second kappa shape index (κ2) is 7.19. The lowest BCUT2D eigenvalue weighted by molar-refractivity contribution is -0.118. The van der Waals surface area contributed by atoms with Crippen LogP contribution in [0.25, 0.3) is 5.57 Å². The third-order valence-electron chi connectivity index (χ3n) is 2.13. The molecule has 0 radical (unpaired) electrons. The summed E-state index contributed by atoms with van der Waals surface area (Å²) in [6, 6.07) is 9.51. The Morgan fingerprint density at radius 2 is 2.12 bits per heavy atom. The number of nitrogens with zero attached hydrogens (tertiary/aromatic N) is 1. The van der Waals surface area contributed by atoms with Gasteiger partial charge in [0.2, 0.25) is 5.91 Å². The van der Waals surface area contributed by atoms with E-state index in [1.165, 1.54) is 6.21 Å². The highest BCUT2D eigenvalue weighted by Crippen LogP contribution is 2.15. The van der Waals surface area contributed by atoms with Gasteiger partial charge in [0.1, 0.15) is 0 Å². The molecule has 0 aliphatic heterocycles. The van der Waals surface area contributed by atoms with Gasteiger partial charge in [-0.25, -0.2) is 0 Å². The normalized spacial score (nSPS) is 11.7. The SMILES string of the molecule is NCC(=O)N/C=C(/C/C=N\O)c1ccccc1. The Labute approximate surface area is 99.6 Å². The van der Waals surface area contributed by atoms with Gasteiger partial charge in [0, 0.05) is 18.8 Å². The lowest BCUT2D eigenvalue weighted by Gasteiger charge is -2.05. The second-order valence-electron chi connectivity index (χ2n) is 3.31. The standard InChI is InChI=1S/C12H15N3O2/c13-8-12(16)14-9-11(6-7-15-17)10-4-2-1-3-5-10/h1-5,7,9,17H,6,8,13H2,(H,14,16)/b11-9-,15-7-. The lowest BCUT2D eigenvalue weighted by atomic mass is 10.0. The van der Waals surface area contributed by atoms with Crippen LogP contribution in [0.1, 0.15) is 12.0 Å². The van der Waals surface area contributed by atoms with E-state index < -0.39 is 0 Å². The average Bonchev–Trinajstić information content (AvgIpc) is 2.39. The van der Waals surface area contributed by atoms with E-state index >= 15 is 0 Å². The van der Waals surface area contributed by atoms with Crippen LogP contribution < -0.4 is 11.1 Å². The fraction of sp³-hybridized carbons (Fsp3) is 0.167. The summed E-state index contributed by atoms with van der Waals surface area (Å²) in [6.45, 7) is -0.0628. The molecule has 1 rings (SSSR count). The van der Waals surface area contributed by atoms with E-state index in [-0.39, 0.29) is 12.5 Å². The van der Waals surface area contributed by atoms with Crippen molar-refractivity contribution in [2.45, 2.75) is 6.42 Å². The van der Waals surface area contributed by atoms with Gasteiger partial charge in [0.05, 0.1) is 6.54 Å². The first-order valence-corrected chi connectivity index (χ1v) is 5.17. The van der Waals surface area contributed by atoms with E-state index in [9.17, 15) is 4.79 Å². The van der Waals surface area contributed by atoms with E-state index in [0.29, 0.717) is 6.42 Å². The third-order valence-corrected chi connectivity index (χ3v) is 2.13. The zero-order chi connectivity index (χ0) is 12.5.